The monoisotopic (exact) mass is 323 g/mol. The molecular weight excluding hydrogens is 309 g/mol. The number of halogens is 2. The first-order valence-electron chi connectivity index (χ1n) is 6.63. The Balaban J connectivity index is 1.96. The summed E-state index contributed by atoms with van der Waals surface area (Å²) in [6.07, 6.45) is 0.477. The van der Waals surface area contributed by atoms with Gasteiger partial charge in [-0.25, -0.2) is 0 Å². The first kappa shape index (κ1) is 14.5. The van der Waals surface area contributed by atoms with E-state index in [2.05, 4.69) is 0 Å². The molecule has 1 heterocycles. The minimum atomic E-state index is -0.190. The van der Waals surface area contributed by atoms with Crippen LogP contribution in [-0.4, -0.2) is 7.11 Å². The topological polar surface area (TPSA) is 44.5 Å². The zero-order valence-corrected chi connectivity index (χ0v) is 13.0. The Morgan fingerprint density at radius 3 is 2.62 bits per heavy atom. The third-order valence-electron chi connectivity index (χ3n) is 3.67. The molecule has 21 heavy (non-hydrogen) atoms. The fourth-order valence-electron chi connectivity index (χ4n) is 2.56. The predicted octanol–water partition coefficient (Wildman–Crippen LogP) is 4.53. The standard InChI is InChI=1S/C16H15Cl2NO2/c1-20-10-3-5-12-14(19)8-16(21-15(12)7-10)11-4-2-9(17)6-13(11)18/h2-7,14,16H,8,19H2,1H3. The SMILES string of the molecule is COc1ccc2c(c1)OC(c1ccc(Cl)cc1Cl)CC2N. The number of hydrogen-bond acceptors (Lipinski definition) is 3. The summed E-state index contributed by atoms with van der Waals surface area (Å²) in [4.78, 5) is 0. The third-order valence-corrected chi connectivity index (χ3v) is 4.23. The highest BCUT2D eigenvalue weighted by atomic mass is 35.5. The maximum Gasteiger partial charge on any atom is 0.128 e. The van der Waals surface area contributed by atoms with Crippen molar-refractivity contribution in [3.8, 4) is 11.5 Å². The molecular formula is C16H15Cl2NO2. The van der Waals surface area contributed by atoms with Crippen molar-refractivity contribution < 1.29 is 9.47 Å². The van der Waals surface area contributed by atoms with E-state index in [1.165, 1.54) is 0 Å². The molecule has 5 heteroatoms. The van der Waals surface area contributed by atoms with Crippen LogP contribution in [0, 0.1) is 0 Å². The molecule has 2 aromatic rings. The fraction of sp³-hybridized carbons (Fsp3) is 0.250. The van der Waals surface area contributed by atoms with Crippen LogP contribution in [0.1, 0.15) is 29.7 Å². The van der Waals surface area contributed by atoms with Gasteiger partial charge in [-0.15, -0.1) is 0 Å². The Bertz CT molecular complexity index is 675. The van der Waals surface area contributed by atoms with Crippen molar-refractivity contribution in [3.05, 3.63) is 57.6 Å². The Morgan fingerprint density at radius 1 is 1.14 bits per heavy atom. The van der Waals surface area contributed by atoms with E-state index >= 15 is 0 Å². The van der Waals surface area contributed by atoms with Crippen LogP contribution in [0.15, 0.2) is 36.4 Å². The average Bonchev–Trinajstić information content (AvgIpc) is 2.46. The number of nitrogens with two attached hydrogens (primary N) is 1. The van der Waals surface area contributed by atoms with Crippen LogP contribution < -0.4 is 15.2 Å². The van der Waals surface area contributed by atoms with Gasteiger partial charge in [0, 0.05) is 39.7 Å². The minimum Gasteiger partial charge on any atom is -0.497 e. The van der Waals surface area contributed by atoms with Gasteiger partial charge in [0.1, 0.15) is 17.6 Å². The first-order chi connectivity index (χ1) is 10.1. The van der Waals surface area contributed by atoms with Crippen LogP contribution in [0.25, 0.3) is 0 Å². The second kappa shape index (κ2) is 5.76. The van der Waals surface area contributed by atoms with E-state index in [-0.39, 0.29) is 12.1 Å². The van der Waals surface area contributed by atoms with E-state index in [4.69, 9.17) is 38.4 Å². The van der Waals surface area contributed by atoms with Crippen molar-refractivity contribution in [2.24, 2.45) is 5.73 Å². The van der Waals surface area contributed by atoms with Crippen LogP contribution in [-0.2, 0) is 0 Å². The fourth-order valence-corrected chi connectivity index (χ4v) is 3.09. The van der Waals surface area contributed by atoms with E-state index in [9.17, 15) is 0 Å². The Labute approximate surface area is 133 Å². The summed E-state index contributed by atoms with van der Waals surface area (Å²) >= 11 is 12.2. The molecule has 2 N–H and O–H groups in total. The van der Waals surface area contributed by atoms with Gasteiger partial charge >= 0.3 is 0 Å². The Kier molecular flexibility index (Phi) is 3.98. The second-order valence-electron chi connectivity index (χ2n) is 5.02. The molecule has 2 unspecified atom stereocenters. The number of methoxy groups -OCH3 is 1. The van der Waals surface area contributed by atoms with Gasteiger partial charge in [0.2, 0.25) is 0 Å². The van der Waals surface area contributed by atoms with Gasteiger partial charge in [0.25, 0.3) is 0 Å². The highest BCUT2D eigenvalue weighted by Crippen LogP contribution is 2.43. The summed E-state index contributed by atoms with van der Waals surface area (Å²) in [7, 11) is 1.62. The largest absolute Gasteiger partial charge is 0.497 e. The van der Waals surface area contributed by atoms with Crippen molar-refractivity contribution >= 4 is 23.2 Å². The summed E-state index contributed by atoms with van der Waals surface area (Å²) in [5.74, 6) is 1.48. The van der Waals surface area contributed by atoms with Crippen molar-refractivity contribution in [1.82, 2.24) is 0 Å². The molecule has 0 fully saturated rings. The van der Waals surface area contributed by atoms with Gasteiger partial charge in [-0.1, -0.05) is 35.3 Å². The molecule has 0 radical (unpaired) electrons. The zero-order valence-electron chi connectivity index (χ0n) is 11.5. The summed E-state index contributed by atoms with van der Waals surface area (Å²) in [6.45, 7) is 0. The van der Waals surface area contributed by atoms with Gasteiger partial charge in [-0.3, -0.25) is 0 Å². The molecule has 110 valence electrons. The quantitative estimate of drug-likeness (QED) is 0.883. The zero-order chi connectivity index (χ0) is 15.0. The molecule has 2 atom stereocenters. The van der Waals surface area contributed by atoms with E-state index in [0.29, 0.717) is 16.5 Å². The van der Waals surface area contributed by atoms with Crippen LogP contribution >= 0.6 is 23.2 Å². The lowest BCUT2D eigenvalue weighted by Crippen LogP contribution is -2.24. The van der Waals surface area contributed by atoms with Crippen molar-refractivity contribution in [1.29, 1.82) is 0 Å². The van der Waals surface area contributed by atoms with Gasteiger partial charge in [-0.05, 0) is 18.2 Å². The van der Waals surface area contributed by atoms with Gasteiger partial charge in [0.15, 0.2) is 0 Å². The highest BCUT2D eigenvalue weighted by Gasteiger charge is 2.28. The molecule has 0 amide bonds. The summed E-state index contributed by atoms with van der Waals surface area (Å²) < 4.78 is 11.3. The van der Waals surface area contributed by atoms with Gasteiger partial charge in [-0.2, -0.15) is 0 Å². The van der Waals surface area contributed by atoms with Crippen LogP contribution in [0.5, 0.6) is 11.5 Å². The molecule has 3 rings (SSSR count). The molecule has 0 spiro atoms. The van der Waals surface area contributed by atoms with E-state index < -0.39 is 0 Å². The number of fused-ring (bicyclic) bond motifs is 1. The van der Waals surface area contributed by atoms with Crippen LogP contribution in [0.3, 0.4) is 0 Å². The predicted molar refractivity (Wildman–Crippen MR) is 84.4 cm³/mol. The first-order valence-corrected chi connectivity index (χ1v) is 7.39. The summed E-state index contributed by atoms with van der Waals surface area (Å²) in [5.41, 5.74) is 8.13. The molecule has 3 nitrogen and oxygen atoms in total. The van der Waals surface area contributed by atoms with E-state index in [0.717, 1.165) is 22.6 Å². The lowest BCUT2D eigenvalue weighted by Gasteiger charge is -2.31. The molecule has 1 aliphatic heterocycles. The number of ether oxygens (including phenoxy) is 2. The lowest BCUT2D eigenvalue weighted by molar-refractivity contribution is 0.161. The molecule has 1 aliphatic rings. The maximum atomic E-state index is 6.27. The van der Waals surface area contributed by atoms with Crippen molar-refractivity contribution in [2.45, 2.75) is 18.6 Å². The average molecular weight is 324 g/mol. The number of rotatable bonds is 2. The maximum absolute atomic E-state index is 6.27. The smallest absolute Gasteiger partial charge is 0.128 e. The highest BCUT2D eigenvalue weighted by molar-refractivity contribution is 6.35. The van der Waals surface area contributed by atoms with Gasteiger partial charge in [0.05, 0.1) is 7.11 Å². The molecule has 2 aromatic carbocycles. The third kappa shape index (κ3) is 2.82. The van der Waals surface area contributed by atoms with Crippen molar-refractivity contribution in [2.75, 3.05) is 7.11 Å². The summed E-state index contributed by atoms with van der Waals surface area (Å²) in [6, 6.07) is 11.0. The molecule has 0 saturated carbocycles. The van der Waals surface area contributed by atoms with E-state index in [1.807, 2.05) is 24.3 Å². The van der Waals surface area contributed by atoms with Gasteiger partial charge < -0.3 is 15.2 Å². The molecule has 0 saturated heterocycles. The second-order valence-corrected chi connectivity index (χ2v) is 5.86. The minimum absolute atomic E-state index is 0.101. The molecule has 0 bridgehead atoms. The normalized spacial score (nSPS) is 20.6. The number of hydrogen-bond donors (Lipinski definition) is 1. The van der Waals surface area contributed by atoms with E-state index in [1.54, 1.807) is 19.2 Å². The summed E-state index contributed by atoms with van der Waals surface area (Å²) in [5, 5.41) is 1.19. The molecule has 0 aromatic heterocycles. The lowest BCUT2D eigenvalue weighted by atomic mass is 9.93. The van der Waals surface area contributed by atoms with Crippen LogP contribution in [0.2, 0.25) is 10.0 Å². The number of benzene rings is 2. The molecule has 0 aliphatic carbocycles. The Morgan fingerprint density at radius 2 is 1.90 bits per heavy atom. The Hall–Kier alpha value is -1.42. The van der Waals surface area contributed by atoms with Crippen LogP contribution in [0.4, 0.5) is 0 Å². The van der Waals surface area contributed by atoms with Crippen molar-refractivity contribution in [3.63, 3.8) is 0 Å².